The number of fused-ring (bicyclic) bond motifs is 3. The number of hydrogen-bond acceptors (Lipinski definition) is 1. The highest BCUT2D eigenvalue weighted by atomic mass is 16.5. The van der Waals surface area contributed by atoms with Gasteiger partial charge in [-0.05, 0) is 55.7 Å². The lowest BCUT2D eigenvalue weighted by molar-refractivity contribution is -0.905. The van der Waals surface area contributed by atoms with Gasteiger partial charge in [0.05, 0.1) is 20.2 Å². The van der Waals surface area contributed by atoms with Gasteiger partial charge in [0.15, 0.2) is 0 Å². The van der Waals surface area contributed by atoms with Crippen LogP contribution >= 0.6 is 0 Å². The lowest BCUT2D eigenvalue weighted by Gasteiger charge is -2.23. The first kappa shape index (κ1) is 17.3. The van der Waals surface area contributed by atoms with Crippen molar-refractivity contribution in [3.8, 4) is 17.0 Å². The zero-order chi connectivity index (χ0) is 18.9. The van der Waals surface area contributed by atoms with Crippen molar-refractivity contribution >= 4 is 16.8 Å². The summed E-state index contributed by atoms with van der Waals surface area (Å²) in [5.74, 6) is 2.05. The Balaban J connectivity index is 1.58. The van der Waals surface area contributed by atoms with E-state index in [-0.39, 0.29) is 0 Å². The van der Waals surface area contributed by atoms with Crippen molar-refractivity contribution in [2.75, 3.05) is 26.7 Å². The number of nitrogens with one attached hydrogen (secondary N) is 2. The van der Waals surface area contributed by atoms with Gasteiger partial charge in [-0.1, -0.05) is 12.1 Å². The molecule has 3 heterocycles. The molecule has 0 aliphatic carbocycles. The van der Waals surface area contributed by atoms with Crippen LogP contribution in [0.3, 0.4) is 0 Å². The monoisotopic (exact) mass is 376 g/mol. The van der Waals surface area contributed by atoms with Gasteiger partial charge in [0.2, 0.25) is 0 Å². The minimum absolute atomic E-state index is 0.892. The van der Waals surface area contributed by atoms with Gasteiger partial charge in [-0.25, -0.2) is 9.55 Å². The summed E-state index contributed by atoms with van der Waals surface area (Å²) in [6.07, 6.45) is 6.39. The molecule has 1 saturated heterocycles. The molecule has 0 radical (unpaired) electrons. The zero-order valence-electron chi connectivity index (χ0n) is 16.4. The molecule has 4 aromatic rings. The van der Waals surface area contributed by atoms with Gasteiger partial charge in [0.25, 0.3) is 0 Å². The highest BCUT2D eigenvalue weighted by molar-refractivity contribution is 5.74. The number of H-pyrrole nitrogens is 1. The molecule has 1 aliphatic heterocycles. The van der Waals surface area contributed by atoms with E-state index in [4.69, 9.17) is 4.74 Å². The Bertz CT molecular complexity index is 1090. The highest BCUT2D eigenvalue weighted by Crippen LogP contribution is 2.24. The van der Waals surface area contributed by atoms with Crippen LogP contribution in [0.15, 0.2) is 54.7 Å². The van der Waals surface area contributed by atoms with Crippen LogP contribution in [0.1, 0.15) is 19.3 Å². The smallest absolute Gasteiger partial charge is 0.368 e. The summed E-state index contributed by atoms with van der Waals surface area (Å²) in [7, 11) is 1.71. The highest BCUT2D eigenvalue weighted by Gasteiger charge is 2.24. The second-order valence-corrected chi connectivity index (χ2v) is 7.79. The number of quaternary nitrogens is 1. The minimum atomic E-state index is 0.892. The van der Waals surface area contributed by atoms with Crippen LogP contribution in [0.2, 0.25) is 0 Å². The average molecular weight is 377 g/mol. The van der Waals surface area contributed by atoms with Crippen molar-refractivity contribution < 1.29 is 14.0 Å². The van der Waals surface area contributed by atoms with Crippen LogP contribution < -0.4 is 14.0 Å². The third-order valence-corrected chi connectivity index (χ3v) is 6.07. The molecular weight excluding hydrogens is 348 g/mol. The third kappa shape index (κ3) is 3.06. The van der Waals surface area contributed by atoms with E-state index in [2.05, 4.69) is 56.5 Å². The number of rotatable bonds is 5. The van der Waals surface area contributed by atoms with Crippen LogP contribution in [0.4, 0.5) is 0 Å². The molecule has 0 saturated carbocycles. The third-order valence-electron chi connectivity index (χ3n) is 6.07. The molecule has 5 rings (SSSR count). The van der Waals surface area contributed by atoms with Crippen LogP contribution in [0.5, 0.6) is 5.75 Å². The van der Waals surface area contributed by atoms with Crippen molar-refractivity contribution in [2.24, 2.45) is 0 Å². The average Bonchev–Trinajstić information content (AvgIpc) is 3.29. The van der Waals surface area contributed by atoms with Gasteiger partial charge in [-0.2, -0.15) is 4.40 Å². The van der Waals surface area contributed by atoms with Gasteiger partial charge < -0.3 is 9.64 Å². The standard InChI is InChI=1S/C23H26N4O/c1-28-19-11-9-18(10-12-19)22-17-27-21-8-4-3-7-20(21)24-23(27)26(22)16-15-25-13-5-2-6-14-25/h3-4,7-12,17H,2,5-6,13-16H2,1H3/p+2. The topological polar surface area (TPSA) is 38.5 Å². The van der Waals surface area contributed by atoms with E-state index in [1.807, 2.05) is 12.1 Å². The molecule has 0 unspecified atom stereocenters. The van der Waals surface area contributed by atoms with E-state index < -0.39 is 0 Å². The van der Waals surface area contributed by atoms with Gasteiger partial charge in [-0.3, -0.25) is 0 Å². The Morgan fingerprint density at radius 1 is 1.04 bits per heavy atom. The van der Waals surface area contributed by atoms with Crippen LogP contribution in [-0.4, -0.2) is 36.3 Å². The molecule has 2 aromatic carbocycles. The van der Waals surface area contributed by atoms with E-state index in [9.17, 15) is 0 Å². The normalized spacial score (nSPS) is 15.5. The Labute approximate surface area is 165 Å². The molecule has 0 spiro atoms. The maximum atomic E-state index is 5.34. The summed E-state index contributed by atoms with van der Waals surface area (Å²) in [4.78, 5) is 5.37. The second-order valence-electron chi connectivity index (χ2n) is 7.79. The molecule has 5 nitrogen and oxygen atoms in total. The fourth-order valence-corrected chi connectivity index (χ4v) is 4.51. The zero-order valence-corrected chi connectivity index (χ0v) is 16.4. The molecule has 0 amide bonds. The molecule has 5 heteroatoms. The number of piperidine rings is 1. The van der Waals surface area contributed by atoms with Crippen molar-refractivity contribution in [1.82, 2.24) is 9.55 Å². The molecule has 144 valence electrons. The summed E-state index contributed by atoms with van der Waals surface area (Å²) < 4.78 is 10.1. The van der Waals surface area contributed by atoms with Gasteiger partial charge in [0.1, 0.15) is 41.8 Å². The first-order chi connectivity index (χ1) is 13.8. The first-order valence-electron chi connectivity index (χ1n) is 10.3. The molecule has 2 N–H and O–H groups in total. The largest absolute Gasteiger partial charge is 0.497 e. The van der Waals surface area contributed by atoms with E-state index in [1.165, 1.54) is 61.2 Å². The minimum Gasteiger partial charge on any atom is -0.497 e. The number of ether oxygens (including phenoxy) is 1. The van der Waals surface area contributed by atoms with E-state index in [0.717, 1.165) is 18.1 Å². The number of nitrogens with zero attached hydrogens (tertiary/aromatic N) is 2. The number of benzene rings is 2. The molecule has 1 aliphatic rings. The quantitative estimate of drug-likeness (QED) is 0.516. The SMILES string of the molecule is COc1ccc(-c2c[n+]3c4ccccc4[nH]c3n2CC[NH+]2CCCCC2)cc1. The number of para-hydroxylation sites is 2. The Kier molecular flexibility index (Phi) is 4.53. The van der Waals surface area contributed by atoms with E-state index in [0.29, 0.717) is 0 Å². The fraction of sp³-hybridized carbons (Fsp3) is 0.348. The Morgan fingerprint density at radius 2 is 1.82 bits per heavy atom. The van der Waals surface area contributed by atoms with Crippen LogP contribution in [0.25, 0.3) is 28.1 Å². The maximum Gasteiger partial charge on any atom is 0.368 e. The molecule has 2 aromatic heterocycles. The second kappa shape index (κ2) is 7.32. The first-order valence-corrected chi connectivity index (χ1v) is 10.3. The predicted molar refractivity (Wildman–Crippen MR) is 111 cm³/mol. The number of hydrogen-bond donors (Lipinski definition) is 2. The molecular formula is C23H28N4O+2. The number of aromatic nitrogens is 3. The van der Waals surface area contributed by atoms with Gasteiger partial charge in [-0.15, -0.1) is 0 Å². The van der Waals surface area contributed by atoms with Crippen molar-refractivity contribution in [2.45, 2.75) is 25.8 Å². The van der Waals surface area contributed by atoms with Crippen molar-refractivity contribution in [1.29, 1.82) is 0 Å². The Hall–Kier alpha value is -2.79. The fourth-order valence-electron chi connectivity index (χ4n) is 4.51. The molecule has 28 heavy (non-hydrogen) atoms. The predicted octanol–water partition coefficient (Wildman–Crippen LogP) is 2.45. The molecule has 0 atom stereocenters. The van der Waals surface area contributed by atoms with E-state index in [1.54, 1.807) is 12.0 Å². The summed E-state index contributed by atoms with van der Waals surface area (Å²) in [5.41, 5.74) is 4.86. The van der Waals surface area contributed by atoms with E-state index >= 15 is 0 Å². The van der Waals surface area contributed by atoms with Crippen LogP contribution in [0, 0.1) is 0 Å². The van der Waals surface area contributed by atoms with Crippen molar-refractivity contribution in [3.05, 3.63) is 54.7 Å². The lowest BCUT2D eigenvalue weighted by atomic mass is 10.1. The summed E-state index contributed by atoms with van der Waals surface area (Å²) >= 11 is 0. The number of likely N-dealkylation sites (tertiary alicyclic amines) is 1. The maximum absolute atomic E-state index is 5.34. The number of methoxy groups -OCH3 is 1. The lowest BCUT2D eigenvalue weighted by Crippen LogP contribution is -3.13. The summed E-state index contributed by atoms with van der Waals surface area (Å²) in [5, 5.41) is 0. The summed E-state index contributed by atoms with van der Waals surface area (Å²) in [6.45, 7) is 4.80. The van der Waals surface area contributed by atoms with Gasteiger partial charge in [0, 0.05) is 5.56 Å². The van der Waals surface area contributed by atoms with Crippen LogP contribution in [-0.2, 0) is 6.54 Å². The Morgan fingerprint density at radius 3 is 2.61 bits per heavy atom. The molecule has 0 bridgehead atoms. The van der Waals surface area contributed by atoms with Crippen molar-refractivity contribution in [3.63, 3.8) is 0 Å². The molecule has 1 fully saturated rings. The summed E-state index contributed by atoms with van der Waals surface area (Å²) in [6, 6.07) is 16.9. The number of imidazole rings is 2. The number of aromatic amines is 1. The van der Waals surface area contributed by atoms with Gasteiger partial charge >= 0.3 is 5.78 Å².